The van der Waals surface area contributed by atoms with Crippen molar-refractivity contribution in [2.24, 2.45) is 5.73 Å². The molecule has 0 fully saturated rings. The Labute approximate surface area is 116 Å². The number of nitrogens with zero attached hydrogens (tertiary/aromatic N) is 1. The van der Waals surface area contributed by atoms with Crippen LogP contribution in [0.1, 0.15) is 16.7 Å². The fourth-order valence-corrected chi connectivity index (χ4v) is 1.91. The van der Waals surface area contributed by atoms with Crippen LogP contribution in [-0.2, 0) is 11.2 Å². The van der Waals surface area contributed by atoms with Crippen molar-refractivity contribution in [2.75, 3.05) is 5.32 Å². The minimum atomic E-state index is -0.146. The number of aromatic nitrogens is 2. The lowest BCUT2D eigenvalue weighted by Crippen LogP contribution is -2.18. The van der Waals surface area contributed by atoms with Crippen LogP contribution in [0.25, 0.3) is 0 Å². The molecule has 0 aliphatic heterocycles. The number of aryl methyl sites for hydroxylation is 1. The molecule has 0 unspecified atom stereocenters. The Balaban J connectivity index is 2.05. The zero-order valence-corrected chi connectivity index (χ0v) is 11.3. The lowest BCUT2D eigenvalue weighted by molar-refractivity contribution is -0.115. The van der Waals surface area contributed by atoms with Crippen molar-refractivity contribution in [3.8, 4) is 0 Å². The van der Waals surface area contributed by atoms with Crippen LogP contribution >= 0.6 is 12.2 Å². The third-order valence-electron chi connectivity index (χ3n) is 2.62. The number of aromatic amines is 1. The fourth-order valence-electron chi connectivity index (χ4n) is 1.76. The van der Waals surface area contributed by atoms with Crippen LogP contribution in [-0.4, -0.2) is 21.1 Å². The van der Waals surface area contributed by atoms with Crippen molar-refractivity contribution in [3.63, 3.8) is 0 Å². The van der Waals surface area contributed by atoms with Gasteiger partial charge in [0.25, 0.3) is 0 Å². The Morgan fingerprint density at radius 1 is 1.53 bits per heavy atom. The summed E-state index contributed by atoms with van der Waals surface area (Å²) in [5.41, 5.74) is 8.14. The maximum atomic E-state index is 11.9. The average molecular weight is 274 g/mol. The predicted octanol–water partition coefficient (Wildman–Crippen LogP) is 1.53. The van der Waals surface area contributed by atoms with Crippen LogP contribution in [0.3, 0.4) is 0 Å². The first-order valence-electron chi connectivity index (χ1n) is 5.75. The molecule has 1 heterocycles. The summed E-state index contributed by atoms with van der Waals surface area (Å²) in [4.78, 5) is 12.1. The molecule has 0 aliphatic carbocycles. The second kappa shape index (κ2) is 5.62. The number of amides is 1. The van der Waals surface area contributed by atoms with Crippen LogP contribution in [0.4, 0.5) is 5.82 Å². The molecule has 2 rings (SSSR count). The SMILES string of the molecule is Cc1cccc(CC(=O)Nc2[nH]ncc2C(N)=S)c1. The van der Waals surface area contributed by atoms with Crippen molar-refractivity contribution < 1.29 is 4.79 Å². The van der Waals surface area contributed by atoms with E-state index in [1.807, 2.05) is 31.2 Å². The lowest BCUT2D eigenvalue weighted by Gasteiger charge is -2.05. The third-order valence-corrected chi connectivity index (χ3v) is 2.84. The van der Waals surface area contributed by atoms with E-state index in [9.17, 15) is 4.79 Å². The highest BCUT2D eigenvalue weighted by atomic mass is 32.1. The molecule has 4 N–H and O–H groups in total. The number of thiocarbonyl (C=S) groups is 1. The van der Waals surface area contributed by atoms with Gasteiger partial charge >= 0.3 is 0 Å². The Morgan fingerprint density at radius 2 is 2.32 bits per heavy atom. The molecule has 0 atom stereocenters. The molecule has 2 aromatic rings. The van der Waals surface area contributed by atoms with Crippen LogP contribution in [0.5, 0.6) is 0 Å². The van der Waals surface area contributed by atoms with Gasteiger partial charge in [-0.25, -0.2) is 0 Å². The maximum absolute atomic E-state index is 11.9. The van der Waals surface area contributed by atoms with Gasteiger partial charge in [-0.3, -0.25) is 9.89 Å². The van der Waals surface area contributed by atoms with E-state index in [1.165, 1.54) is 6.20 Å². The number of carbonyl (C=O) groups is 1. The summed E-state index contributed by atoms with van der Waals surface area (Å²) in [6.45, 7) is 1.99. The van der Waals surface area contributed by atoms with Crippen LogP contribution in [0.15, 0.2) is 30.5 Å². The second-order valence-electron chi connectivity index (χ2n) is 4.24. The van der Waals surface area contributed by atoms with Crippen molar-refractivity contribution in [2.45, 2.75) is 13.3 Å². The number of H-pyrrole nitrogens is 1. The summed E-state index contributed by atoms with van der Waals surface area (Å²) in [7, 11) is 0. The maximum Gasteiger partial charge on any atom is 0.229 e. The molecule has 0 spiro atoms. The van der Waals surface area contributed by atoms with Crippen molar-refractivity contribution in [3.05, 3.63) is 47.2 Å². The van der Waals surface area contributed by atoms with E-state index in [1.54, 1.807) is 0 Å². The molecule has 6 heteroatoms. The molecule has 0 saturated heterocycles. The highest BCUT2D eigenvalue weighted by Gasteiger charge is 2.11. The van der Waals surface area contributed by atoms with E-state index in [0.29, 0.717) is 11.4 Å². The second-order valence-corrected chi connectivity index (χ2v) is 4.68. The Bertz CT molecular complexity index is 621. The zero-order chi connectivity index (χ0) is 13.8. The van der Waals surface area contributed by atoms with Gasteiger partial charge in [0.2, 0.25) is 5.91 Å². The van der Waals surface area contributed by atoms with Gasteiger partial charge in [0.05, 0.1) is 18.2 Å². The molecule has 1 aromatic heterocycles. The minimum absolute atomic E-state index is 0.146. The van der Waals surface area contributed by atoms with Crippen molar-refractivity contribution >= 4 is 28.9 Å². The van der Waals surface area contributed by atoms with E-state index in [0.717, 1.165) is 11.1 Å². The van der Waals surface area contributed by atoms with Crippen LogP contribution in [0.2, 0.25) is 0 Å². The van der Waals surface area contributed by atoms with E-state index in [4.69, 9.17) is 18.0 Å². The Hall–Kier alpha value is -2.21. The van der Waals surface area contributed by atoms with Gasteiger partial charge in [0.15, 0.2) is 0 Å². The van der Waals surface area contributed by atoms with Gasteiger partial charge in [-0.1, -0.05) is 42.0 Å². The number of hydrogen-bond acceptors (Lipinski definition) is 3. The van der Waals surface area contributed by atoms with Gasteiger partial charge in [0.1, 0.15) is 10.8 Å². The topological polar surface area (TPSA) is 83.8 Å². The fraction of sp³-hybridized carbons (Fsp3) is 0.154. The number of carbonyl (C=O) groups excluding carboxylic acids is 1. The molecule has 98 valence electrons. The number of nitrogens with two attached hydrogens (primary N) is 1. The summed E-state index contributed by atoms with van der Waals surface area (Å²) in [6.07, 6.45) is 1.78. The first kappa shape index (κ1) is 13.2. The molecular weight excluding hydrogens is 260 g/mol. The van der Waals surface area contributed by atoms with Gasteiger partial charge in [-0.15, -0.1) is 0 Å². The first-order valence-corrected chi connectivity index (χ1v) is 6.15. The predicted molar refractivity (Wildman–Crippen MR) is 78.0 cm³/mol. The Morgan fingerprint density at radius 3 is 3.00 bits per heavy atom. The van der Waals surface area contributed by atoms with Gasteiger partial charge < -0.3 is 11.1 Å². The molecule has 0 bridgehead atoms. The molecule has 0 radical (unpaired) electrons. The zero-order valence-electron chi connectivity index (χ0n) is 10.4. The van der Waals surface area contributed by atoms with E-state index in [2.05, 4.69) is 15.5 Å². The van der Waals surface area contributed by atoms with Crippen LogP contribution in [0, 0.1) is 6.92 Å². The molecule has 5 nitrogen and oxygen atoms in total. The van der Waals surface area contributed by atoms with Crippen molar-refractivity contribution in [1.29, 1.82) is 0 Å². The normalized spacial score (nSPS) is 10.2. The number of benzene rings is 1. The highest BCUT2D eigenvalue weighted by molar-refractivity contribution is 7.80. The molecule has 19 heavy (non-hydrogen) atoms. The largest absolute Gasteiger partial charge is 0.389 e. The van der Waals surface area contributed by atoms with Crippen LogP contribution < -0.4 is 11.1 Å². The minimum Gasteiger partial charge on any atom is -0.389 e. The number of hydrogen-bond donors (Lipinski definition) is 3. The molecule has 1 aromatic carbocycles. The summed E-state index contributed by atoms with van der Waals surface area (Å²) in [5.74, 6) is 0.289. The van der Waals surface area contributed by atoms with Gasteiger partial charge in [0, 0.05) is 0 Å². The smallest absolute Gasteiger partial charge is 0.229 e. The molecule has 1 amide bonds. The summed E-state index contributed by atoms with van der Waals surface area (Å²) >= 11 is 4.87. The van der Waals surface area contributed by atoms with Crippen molar-refractivity contribution in [1.82, 2.24) is 10.2 Å². The summed E-state index contributed by atoms with van der Waals surface area (Å²) in [6, 6.07) is 7.80. The number of anilines is 1. The number of nitrogens with one attached hydrogen (secondary N) is 2. The Kier molecular flexibility index (Phi) is 3.91. The first-order chi connectivity index (χ1) is 9.06. The quantitative estimate of drug-likeness (QED) is 0.738. The van der Waals surface area contributed by atoms with E-state index < -0.39 is 0 Å². The lowest BCUT2D eigenvalue weighted by atomic mass is 10.1. The molecular formula is C13H14N4OS. The number of rotatable bonds is 4. The summed E-state index contributed by atoms with van der Waals surface area (Å²) in [5, 5.41) is 9.19. The molecule has 0 saturated carbocycles. The average Bonchev–Trinajstić information content (AvgIpc) is 2.76. The third kappa shape index (κ3) is 3.38. The molecule has 0 aliphatic rings. The summed E-state index contributed by atoms with van der Waals surface area (Å²) < 4.78 is 0. The van der Waals surface area contributed by atoms with E-state index in [-0.39, 0.29) is 17.3 Å². The standard InChI is InChI=1S/C13H14N4OS/c1-8-3-2-4-9(5-8)6-11(18)16-13-10(12(14)19)7-15-17-13/h2-5,7H,6H2,1H3,(H2,14,19)(H2,15,16,17,18). The van der Waals surface area contributed by atoms with Gasteiger partial charge in [-0.2, -0.15) is 5.10 Å². The van der Waals surface area contributed by atoms with E-state index >= 15 is 0 Å². The van der Waals surface area contributed by atoms with Gasteiger partial charge in [-0.05, 0) is 12.5 Å². The highest BCUT2D eigenvalue weighted by Crippen LogP contribution is 2.12. The monoisotopic (exact) mass is 274 g/mol.